The van der Waals surface area contributed by atoms with Crippen LogP contribution in [0.25, 0.3) is 11.1 Å². The summed E-state index contributed by atoms with van der Waals surface area (Å²) in [6.07, 6.45) is 1.39. The Hall–Kier alpha value is -3.12. The predicted molar refractivity (Wildman–Crippen MR) is 114 cm³/mol. The molecule has 3 aromatic carbocycles. The maximum atomic E-state index is 11.9. The number of carbonyl (C=O) groups is 1. The van der Waals surface area contributed by atoms with E-state index in [0.717, 1.165) is 15.6 Å². The number of halogens is 1. The highest BCUT2D eigenvalue weighted by Gasteiger charge is 2.05. The normalized spacial score (nSPS) is 10.8. The standard InChI is InChI=1S/C22H19BrN2O3/c1-15-11-19(23)12-18(22(15)27)13-24-25-21(26)14-28-20-9-7-17(8-10-20)16-5-3-2-4-6-16/h2-13,27H,14H2,1H3,(H,25,26)/b24-13+. The van der Waals surface area contributed by atoms with Gasteiger partial charge in [-0.05, 0) is 47.9 Å². The predicted octanol–water partition coefficient (Wildman–Crippen LogP) is 4.66. The second kappa shape index (κ2) is 9.19. The Morgan fingerprint density at radius 1 is 1.11 bits per heavy atom. The van der Waals surface area contributed by atoms with Crippen molar-refractivity contribution in [2.45, 2.75) is 6.92 Å². The number of hydrazone groups is 1. The molecule has 0 spiro atoms. The molecule has 0 unspecified atom stereocenters. The number of benzene rings is 3. The van der Waals surface area contributed by atoms with Crippen LogP contribution in [-0.4, -0.2) is 23.8 Å². The molecule has 0 fully saturated rings. The van der Waals surface area contributed by atoms with E-state index in [4.69, 9.17) is 4.74 Å². The fourth-order valence-electron chi connectivity index (χ4n) is 2.59. The maximum Gasteiger partial charge on any atom is 0.277 e. The van der Waals surface area contributed by atoms with Gasteiger partial charge in [0, 0.05) is 10.0 Å². The minimum Gasteiger partial charge on any atom is -0.507 e. The average Bonchev–Trinajstić information content (AvgIpc) is 2.71. The summed E-state index contributed by atoms with van der Waals surface area (Å²) in [4.78, 5) is 11.9. The van der Waals surface area contributed by atoms with Gasteiger partial charge in [-0.25, -0.2) is 5.43 Å². The molecule has 6 heteroatoms. The number of nitrogens with one attached hydrogen (secondary N) is 1. The van der Waals surface area contributed by atoms with Crippen molar-refractivity contribution in [3.05, 3.63) is 82.3 Å². The molecular formula is C22H19BrN2O3. The number of phenols is 1. The molecule has 0 atom stereocenters. The van der Waals surface area contributed by atoms with Gasteiger partial charge in [-0.3, -0.25) is 4.79 Å². The lowest BCUT2D eigenvalue weighted by atomic mass is 10.1. The van der Waals surface area contributed by atoms with E-state index in [1.54, 1.807) is 19.1 Å². The van der Waals surface area contributed by atoms with Crippen molar-refractivity contribution in [1.82, 2.24) is 5.43 Å². The van der Waals surface area contributed by atoms with Gasteiger partial charge in [-0.1, -0.05) is 58.4 Å². The molecule has 0 radical (unpaired) electrons. The molecule has 0 bridgehead atoms. The van der Waals surface area contributed by atoms with Crippen molar-refractivity contribution in [3.63, 3.8) is 0 Å². The molecule has 3 rings (SSSR count). The molecular weight excluding hydrogens is 420 g/mol. The molecule has 0 aliphatic carbocycles. The van der Waals surface area contributed by atoms with Crippen LogP contribution in [0.2, 0.25) is 0 Å². The first kappa shape index (κ1) is 19.6. The zero-order chi connectivity index (χ0) is 19.9. The zero-order valence-electron chi connectivity index (χ0n) is 15.2. The minimum absolute atomic E-state index is 0.121. The average molecular weight is 439 g/mol. The lowest BCUT2D eigenvalue weighted by Crippen LogP contribution is -2.24. The van der Waals surface area contributed by atoms with Gasteiger partial charge in [0.15, 0.2) is 6.61 Å². The number of rotatable bonds is 6. The van der Waals surface area contributed by atoms with Gasteiger partial charge >= 0.3 is 0 Å². The summed E-state index contributed by atoms with van der Waals surface area (Å²) in [6, 6.07) is 21.0. The van der Waals surface area contributed by atoms with Crippen LogP contribution >= 0.6 is 15.9 Å². The van der Waals surface area contributed by atoms with Crippen LogP contribution in [0.15, 0.2) is 76.3 Å². The molecule has 1 amide bonds. The Labute approximate surface area is 171 Å². The second-order valence-corrected chi connectivity index (χ2v) is 7.05. The van der Waals surface area contributed by atoms with E-state index in [9.17, 15) is 9.90 Å². The van der Waals surface area contributed by atoms with E-state index >= 15 is 0 Å². The molecule has 3 aromatic rings. The SMILES string of the molecule is Cc1cc(Br)cc(/C=N/NC(=O)COc2ccc(-c3ccccc3)cc2)c1O. The Bertz CT molecular complexity index is 987. The van der Waals surface area contributed by atoms with Crippen molar-refractivity contribution in [2.24, 2.45) is 5.10 Å². The second-order valence-electron chi connectivity index (χ2n) is 6.13. The van der Waals surface area contributed by atoms with Crippen LogP contribution in [-0.2, 0) is 4.79 Å². The summed E-state index contributed by atoms with van der Waals surface area (Å²) in [7, 11) is 0. The van der Waals surface area contributed by atoms with Crippen LogP contribution in [0.4, 0.5) is 0 Å². The first-order valence-electron chi connectivity index (χ1n) is 8.62. The molecule has 0 heterocycles. The van der Waals surface area contributed by atoms with Gasteiger partial charge in [0.25, 0.3) is 5.91 Å². The molecule has 0 aromatic heterocycles. The zero-order valence-corrected chi connectivity index (χ0v) is 16.8. The summed E-state index contributed by atoms with van der Waals surface area (Å²) in [6.45, 7) is 1.62. The molecule has 28 heavy (non-hydrogen) atoms. The molecule has 0 aliphatic rings. The number of aromatic hydroxyl groups is 1. The highest BCUT2D eigenvalue weighted by molar-refractivity contribution is 9.10. The lowest BCUT2D eigenvalue weighted by molar-refractivity contribution is -0.123. The monoisotopic (exact) mass is 438 g/mol. The van der Waals surface area contributed by atoms with E-state index in [1.807, 2.05) is 54.6 Å². The Morgan fingerprint density at radius 2 is 1.79 bits per heavy atom. The van der Waals surface area contributed by atoms with Crippen LogP contribution in [0.1, 0.15) is 11.1 Å². The van der Waals surface area contributed by atoms with Gasteiger partial charge in [0.1, 0.15) is 11.5 Å². The smallest absolute Gasteiger partial charge is 0.277 e. The summed E-state index contributed by atoms with van der Waals surface area (Å²) in [5.74, 6) is 0.324. The highest BCUT2D eigenvalue weighted by atomic mass is 79.9. The number of carbonyl (C=O) groups excluding carboxylic acids is 1. The summed E-state index contributed by atoms with van der Waals surface area (Å²) in [5.41, 5.74) is 5.79. The number of nitrogens with zero attached hydrogens (tertiary/aromatic N) is 1. The lowest BCUT2D eigenvalue weighted by Gasteiger charge is -2.07. The first-order valence-corrected chi connectivity index (χ1v) is 9.41. The van der Waals surface area contributed by atoms with Crippen LogP contribution in [0, 0.1) is 6.92 Å². The van der Waals surface area contributed by atoms with Gasteiger partial charge in [0.05, 0.1) is 6.21 Å². The number of hydrogen-bond donors (Lipinski definition) is 2. The third-order valence-electron chi connectivity index (χ3n) is 4.02. The van der Waals surface area contributed by atoms with E-state index in [-0.39, 0.29) is 12.4 Å². The number of phenolic OH excluding ortho intramolecular Hbond substituents is 1. The summed E-state index contributed by atoms with van der Waals surface area (Å²) >= 11 is 3.36. The van der Waals surface area contributed by atoms with Crippen molar-refractivity contribution >= 4 is 28.1 Å². The fraction of sp³-hybridized carbons (Fsp3) is 0.0909. The molecule has 0 saturated carbocycles. The number of amides is 1. The quantitative estimate of drug-likeness (QED) is 0.434. The van der Waals surface area contributed by atoms with Gasteiger partial charge in [-0.15, -0.1) is 0 Å². The van der Waals surface area contributed by atoms with E-state index < -0.39 is 5.91 Å². The van der Waals surface area contributed by atoms with Crippen molar-refractivity contribution in [1.29, 1.82) is 0 Å². The summed E-state index contributed by atoms with van der Waals surface area (Å²) < 4.78 is 6.30. The van der Waals surface area contributed by atoms with Crippen LogP contribution in [0.5, 0.6) is 11.5 Å². The van der Waals surface area contributed by atoms with Crippen LogP contribution in [0.3, 0.4) is 0 Å². The van der Waals surface area contributed by atoms with Gasteiger partial charge in [0.2, 0.25) is 0 Å². The van der Waals surface area contributed by atoms with Crippen molar-refractivity contribution in [2.75, 3.05) is 6.61 Å². The van der Waals surface area contributed by atoms with E-state index in [1.165, 1.54) is 6.21 Å². The third kappa shape index (κ3) is 5.20. The topological polar surface area (TPSA) is 70.9 Å². The van der Waals surface area contributed by atoms with Crippen LogP contribution < -0.4 is 10.2 Å². The fourth-order valence-corrected chi connectivity index (χ4v) is 3.18. The molecule has 142 valence electrons. The number of hydrogen-bond acceptors (Lipinski definition) is 4. The Kier molecular flexibility index (Phi) is 6.45. The van der Waals surface area contributed by atoms with E-state index in [2.05, 4.69) is 26.5 Å². The highest BCUT2D eigenvalue weighted by Crippen LogP contribution is 2.25. The van der Waals surface area contributed by atoms with E-state index in [0.29, 0.717) is 16.9 Å². The van der Waals surface area contributed by atoms with Crippen molar-refractivity contribution in [3.8, 4) is 22.6 Å². The Balaban J connectivity index is 1.52. The minimum atomic E-state index is -0.394. The number of aryl methyl sites for hydroxylation is 1. The first-order chi connectivity index (χ1) is 13.5. The number of ether oxygens (including phenoxy) is 1. The molecule has 0 aliphatic heterocycles. The molecule has 2 N–H and O–H groups in total. The largest absolute Gasteiger partial charge is 0.507 e. The third-order valence-corrected chi connectivity index (χ3v) is 4.48. The van der Waals surface area contributed by atoms with Gasteiger partial charge < -0.3 is 9.84 Å². The summed E-state index contributed by atoms with van der Waals surface area (Å²) in [5, 5.41) is 13.9. The maximum absolute atomic E-state index is 11.9. The molecule has 5 nitrogen and oxygen atoms in total. The molecule has 0 saturated heterocycles. The van der Waals surface area contributed by atoms with Crippen molar-refractivity contribution < 1.29 is 14.6 Å². The Morgan fingerprint density at radius 3 is 2.50 bits per heavy atom. The van der Waals surface area contributed by atoms with Gasteiger partial charge in [-0.2, -0.15) is 5.10 Å².